The predicted octanol–water partition coefficient (Wildman–Crippen LogP) is 0.134. The van der Waals surface area contributed by atoms with Gasteiger partial charge < -0.3 is 9.94 Å². The molecule has 0 amide bonds. The number of hydrogen-bond acceptors (Lipinski definition) is 5. The molecular weight excluding hydrogens is 222 g/mol. The van der Waals surface area contributed by atoms with Crippen molar-refractivity contribution in [2.24, 2.45) is 0 Å². The van der Waals surface area contributed by atoms with Gasteiger partial charge in [-0.15, -0.1) is 0 Å². The van der Waals surface area contributed by atoms with Crippen molar-refractivity contribution in [1.82, 2.24) is 5.06 Å². The van der Waals surface area contributed by atoms with Gasteiger partial charge >= 0.3 is 0 Å². The molecule has 15 heavy (non-hydrogen) atoms. The van der Waals surface area contributed by atoms with Crippen LogP contribution < -0.4 is 0 Å². The van der Waals surface area contributed by atoms with Crippen LogP contribution in [0.2, 0.25) is 0 Å². The number of morpholine rings is 1. The van der Waals surface area contributed by atoms with Gasteiger partial charge in [0, 0.05) is 6.54 Å². The molecule has 0 aromatic rings. The number of unbranched alkanes of at least 4 members (excludes halogenated alkanes) is 1. The van der Waals surface area contributed by atoms with Crippen LogP contribution in [-0.4, -0.2) is 54.8 Å². The number of nitrogens with zero attached hydrogens (tertiary/aromatic N) is 1. The minimum absolute atomic E-state index is 0.0554. The van der Waals surface area contributed by atoms with Gasteiger partial charge in [-0.05, 0) is 12.8 Å². The van der Waals surface area contributed by atoms with Gasteiger partial charge in [0.25, 0.3) is 10.1 Å². The van der Waals surface area contributed by atoms with E-state index in [0.29, 0.717) is 39.0 Å². The van der Waals surface area contributed by atoms with Crippen molar-refractivity contribution in [2.45, 2.75) is 25.3 Å². The van der Waals surface area contributed by atoms with Crippen LogP contribution in [0.3, 0.4) is 0 Å². The molecule has 2 N–H and O–H groups in total. The van der Waals surface area contributed by atoms with Crippen molar-refractivity contribution in [3.8, 4) is 0 Å². The van der Waals surface area contributed by atoms with Gasteiger partial charge in [0.2, 0.25) is 0 Å². The lowest BCUT2D eigenvalue weighted by Crippen LogP contribution is -2.43. The van der Waals surface area contributed by atoms with E-state index in [2.05, 4.69) is 0 Å². The van der Waals surface area contributed by atoms with Crippen LogP contribution in [0.25, 0.3) is 0 Å². The summed E-state index contributed by atoms with van der Waals surface area (Å²) >= 11 is 0. The third-order valence-corrected chi connectivity index (χ3v) is 3.19. The van der Waals surface area contributed by atoms with Gasteiger partial charge in [-0.2, -0.15) is 13.5 Å². The zero-order valence-corrected chi connectivity index (χ0v) is 9.32. The Morgan fingerprint density at radius 2 is 2.13 bits per heavy atom. The Morgan fingerprint density at radius 1 is 1.40 bits per heavy atom. The molecule has 1 saturated heterocycles. The summed E-state index contributed by atoms with van der Waals surface area (Å²) in [5.41, 5.74) is 0. The average Bonchev–Trinajstić information content (AvgIpc) is 2.13. The standard InChI is InChI=1S/C8H17NO5S/c10-9-4-5-14-7-8(9)3-1-2-6-15(11,12)13/h8,10H,1-7H2,(H,11,12,13). The molecule has 0 aromatic heterocycles. The maximum Gasteiger partial charge on any atom is 0.264 e. The first-order valence-electron chi connectivity index (χ1n) is 4.97. The molecule has 0 bridgehead atoms. The molecule has 1 aliphatic rings. The molecule has 0 aromatic carbocycles. The van der Waals surface area contributed by atoms with Crippen molar-refractivity contribution in [2.75, 3.05) is 25.5 Å². The lowest BCUT2D eigenvalue weighted by Gasteiger charge is -2.30. The molecule has 0 aliphatic carbocycles. The van der Waals surface area contributed by atoms with Crippen LogP contribution in [0, 0.1) is 0 Å². The Balaban J connectivity index is 2.14. The second-order valence-electron chi connectivity index (χ2n) is 3.67. The summed E-state index contributed by atoms with van der Waals surface area (Å²) in [7, 11) is -3.85. The second-order valence-corrected chi connectivity index (χ2v) is 5.25. The Bertz CT molecular complexity index is 279. The first kappa shape index (κ1) is 12.9. The van der Waals surface area contributed by atoms with Gasteiger partial charge in [0.05, 0.1) is 25.0 Å². The quantitative estimate of drug-likeness (QED) is 0.524. The number of hydroxylamine groups is 2. The summed E-state index contributed by atoms with van der Waals surface area (Å²) in [6.45, 7) is 1.49. The second kappa shape index (κ2) is 5.76. The molecule has 1 heterocycles. The third-order valence-electron chi connectivity index (χ3n) is 2.39. The van der Waals surface area contributed by atoms with E-state index in [4.69, 9.17) is 9.29 Å². The van der Waals surface area contributed by atoms with Crippen molar-refractivity contribution in [3.05, 3.63) is 0 Å². The van der Waals surface area contributed by atoms with Crippen molar-refractivity contribution in [3.63, 3.8) is 0 Å². The zero-order valence-electron chi connectivity index (χ0n) is 8.50. The normalized spacial score (nSPS) is 24.3. The van der Waals surface area contributed by atoms with Crippen molar-refractivity contribution in [1.29, 1.82) is 0 Å². The predicted molar refractivity (Wildman–Crippen MR) is 53.4 cm³/mol. The summed E-state index contributed by atoms with van der Waals surface area (Å²) in [5, 5.41) is 10.6. The van der Waals surface area contributed by atoms with Gasteiger partial charge in [-0.3, -0.25) is 4.55 Å². The van der Waals surface area contributed by atoms with Gasteiger partial charge in [-0.1, -0.05) is 6.42 Å². The van der Waals surface area contributed by atoms with E-state index in [1.54, 1.807) is 0 Å². The van der Waals surface area contributed by atoms with Crippen molar-refractivity contribution < 1.29 is 22.9 Å². The van der Waals surface area contributed by atoms with E-state index in [-0.39, 0.29) is 11.8 Å². The first-order valence-corrected chi connectivity index (χ1v) is 6.58. The highest BCUT2D eigenvalue weighted by Gasteiger charge is 2.20. The maximum absolute atomic E-state index is 10.4. The van der Waals surface area contributed by atoms with Gasteiger partial charge in [-0.25, -0.2) is 0 Å². The topological polar surface area (TPSA) is 87.1 Å². The summed E-state index contributed by atoms with van der Waals surface area (Å²) in [5.74, 6) is -0.216. The maximum atomic E-state index is 10.4. The summed E-state index contributed by atoms with van der Waals surface area (Å²) in [6, 6.07) is -0.0554. The van der Waals surface area contributed by atoms with Crippen molar-refractivity contribution >= 4 is 10.1 Å². The summed E-state index contributed by atoms with van der Waals surface area (Å²) in [4.78, 5) is 0. The van der Waals surface area contributed by atoms with Gasteiger partial charge in [0.15, 0.2) is 0 Å². The SMILES string of the molecule is O=S(=O)(O)CCCCC1COCCN1O. The lowest BCUT2D eigenvalue weighted by atomic mass is 10.1. The van der Waals surface area contributed by atoms with Crippen LogP contribution in [0.1, 0.15) is 19.3 Å². The van der Waals surface area contributed by atoms with Crippen LogP contribution in [0.4, 0.5) is 0 Å². The molecule has 1 rings (SSSR count). The van der Waals surface area contributed by atoms with E-state index in [1.165, 1.54) is 5.06 Å². The van der Waals surface area contributed by atoms with Crippen LogP contribution in [-0.2, 0) is 14.9 Å². The molecule has 0 spiro atoms. The van der Waals surface area contributed by atoms with Crippen LogP contribution in [0.15, 0.2) is 0 Å². The Hall–Kier alpha value is -0.210. The largest absolute Gasteiger partial charge is 0.378 e. The smallest absolute Gasteiger partial charge is 0.264 e. The number of hydrogen-bond donors (Lipinski definition) is 2. The molecule has 1 unspecified atom stereocenters. The molecule has 90 valence electrons. The van der Waals surface area contributed by atoms with E-state index < -0.39 is 10.1 Å². The highest BCUT2D eigenvalue weighted by atomic mass is 32.2. The Morgan fingerprint density at radius 3 is 2.73 bits per heavy atom. The lowest BCUT2D eigenvalue weighted by molar-refractivity contribution is -0.182. The summed E-state index contributed by atoms with van der Waals surface area (Å²) in [6.07, 6.45) is 1.72. The monoisotopic (exact) mass is 239 g/mol. The van der Waals surface area contributed by atoms with Gasteiger partial charge in [0.1, 0.15) is 0 Å². The summed E-state index contributed by atoms with van der Waals surface area (Å²) < 4.78 is 34.5. The fourth-order valence-corrected chi connectivity index (χ4v) is 2.11. The highest BCUT2D eigenvalue weighted by molar-refractivity contribution is 7.85. The molecule has 6 nitrogen and oxygen atoms in total. The van der Waals surface area contributed by atoms with E-state index in [0.717, 1.165) is 0 Å². The molecule has 1 aliphatic heterocycles. The molecule has 1 atom stereocenters. The van der Waals surface area contributed by atoms with E-state index in [9.17, 15) is 13.6 Å². The molecule has 0 saturated carbocycles. The Kier molecular flexibility index (Phi) is 4.94. The number of ether oxygens (including phenoxy) is 1. The third kappa shape index (κ3) is 5.43. The zero-order chi connectivity index (χ0) is 11.3. The highest BCUT2D eigenvalue weighted by Crippen LogP contribution is 2.11. The minimum atomic E-state index is -3.85. The van der Waals surface area contributed by atoms with E-state index in [1.807, 2.05) is 0 Å². The van der Waals surface area contributed by atoms with Crippen LogP contribution in [0.5, 0.6) is 0 Å². The minimum Gasteiger partial charge on any atom is -0.378 e. The molecule has 1 fully saturated rings. The fourth-order valence-electron chi connectivity index (χ4n) is 1.54. The number of rotatable bonds is 5. The molecule has 7 heteroatoms. The van der Waals surface area contributed by atoms with Crippen LogP contribution >= 0.6 is 0 Å². The molecular formula is C8H17NO5S. The first-order chi connectivity index (χ1) is 6.99. The average molecular weight is 239 g/mol. The van der Waals surface area contributed by atoms with E-state index >= 15 is 0 Å². The Labute approximate surface area is 89.5 Å². The molecule has 0 radical (unpaired) electrons. The fraction of sp³-hybridized carbons (Fsp3) is 1.00.